The van der Waals surface area contributed by atoms with E-state index in [1.54, 1.807) is 6.21 Å². The van der Waals surface area contributed by atoms with E-state index in [-0.39, 0.29) is 4.91 Å². The van der Waals surface area contributed by atoms with Gasteiger partial charge in [-0.1, -0.05) is 26.0 Å². The molecule has 1 heterocycles. The molecule has 8 heteroatoms. The summed E-state index contributed by atoms with van der Waals surface area (Å²) in [6.45, 7) is 4.39. The molecule has 0 aromatic heterocycles. The van der Waals surface area contributed by atoms with Crippen molar-refractivity contribution in [1.29, 1.82) is 0 Å². The van der Waals surface area contributed by atoms with Gasteiger partial charge in [0, 0.05) is 16.7 Å². The highest BCUT2D eigenvalue weighted by molar-refractivity contribution is 8.18. The monoisotopic (exact) mass is 377 g/mol. The average Bonchev–Trinajstić information content (AvgIpc) is 2.93. The Morgan fingerprint density at radius 1 is 1.36 bits per heavy atom. The third-order valence-corrected chi connectivity index (χ3v) is 5.26. The Bertz CT molecular complexity index is 725. The maximum atomic E-state index is 11.7. The van der Waals surface area contributed by atoms with Gasteiger partial charge in [-0.25, -0.2) is 4.79 Å². The Morgan fingerprint density at radius 3 is 2.72 bits per heavy atom. The highest BCUT2D eigenvalue weighted by Crippen LogP contribution is 2.23. The number of thioether (sulfide) groups is 2. The van der Waals surface area contributed by atoms with Crippen LogP contribution in [0.1, 0.15) is 19.4 Å². The van der Waals surface area contributed by atoms with Crippen molar-refractivity contribution in [3.05, 3.63) is 40.8 Å². The van der Waals surface area contributed by atoms with E-state index in [1.165, 1.54) is 12.0 Å². The number of hydrogen-bond donors (Lipinski definition) is 1. The van der Waals surface area contributed by atoms with Crippen LogP contribution in [0.25, 0.3) is 0 Å². The molecule has 0 atom stereocenters. The van der Waals surface area contributed by atoms with E-state index in [0.29, 0.717) is 11.1 Å². The average molecular weight is 377 g/mol. The lowest BCUT2D eigenvalue weighted by Crippen LogP contribution is -2.19. The number of methoxy groups -OCH3 is 1. The van der Waals surface area contributed by atoms with Gasteiger partial charge in [-0.05, 0) is 35.4 Å². The minimum absolute atomic E-state index is 0.229. The predicted molar refractivity (Wildman–Crippen MR) is 103 cm³/mol. The molecule has 0 spiro atoms. The molecule has 6 nitrogen and oxygen atoms in total. The van der Waals surface area contributed by atoms with Crippen LogP contribution in [0, 0.1) is 5.92 Å². The number of ether oxygens (including phenoxy) is 1. The van der Waals surface area contributed by atoms with Crippen LogP contribution >= 0.6 is 23.5 Å². The smallest absolute Gasteiger partial charge is 0.331 e. The topological polar surface area (TPSA) is 80.1 Å². The van der Waals surface area contributed by atoms with E-state index in [1.807, 2.05) is 36.0 Å². The predicted octanol–water partition coefficient (Wildman–Crippen LogP) is 3.04. The van der Waals surface area contributed by atoms with E-state index < -0.39 is 11.9 Å². The van der Waals surface area contributed by atoms with E-state index in [2.05, 4.69) is 34.1 Å². The van der Waals surface area contributed by atoms with Crippen molar-refractivity contribution in [3.8, 4) is 0 Å². The fourth-order valence-corrected chi connectivity index (χ4v) is 3.30. The van der Waals surface area contributed by atoms with Gasteiger partial charge in [-0.2, -0.15) is 5.10 Å². The van der Waals surface area contributed by atoms with Crippen LogP contribution in [0.3, 0.4) is 0 Å². The zero-order chi connectivity index (χ0) is 18.2. The van der Waals surface area contributed by atoms with Crippen molar-refractivity contribution in [2.75, 3.05) is 12.9 Å². The highest BCUT2D eigenvalue weighted by Gasteiger charge is 2.24. The van der Waals surface area contributed by atoms with E-state index in [4.69, 9.17) is 0 Å². The molecule has 1 aromatic rings. The molecule has 0 aliphatic carbocycles. The van der Waals surface area contributed by atoms with Gasteiger partial charge in [0.1, 0.15) is 0 Å². The number of amides is 1. The van der Waals surface area contributed by atoms with Crippen molar-refractivity contribution in [1.82, 2.24) is 5.32 Å². The summed E-state index contributed by atoms with van der Waals surface area (Å²) in [5, 5.41) is 10.8. The van der Waals surface area contributed by atoms with Crippen molar-refractivity contribution in [3.63, 3.8) is 0 Å². The molecule has 2 rings (SSSR count). The highest BCUT2D eigenvalue weighted by atomic mass is 32.2. The maximum Gasteiger partial charge on any atom is 0.331 e. The number of hydrogen-bond acceptors (Lipinski definition) is 7. The lowest BCUT2D eigenvalue weighted by molar-refractivity contribution is -0.135. The van der Waals surface area contributed by atoms with Crippen molar-refractivity contribution in [2.24, 2.45) is 16.1 Å². The molecule has 1 aliphatic heterocycles. The lowest BCUT2D eigenvalue weighted by Gasteiger charge is -2.04. The molecule has 0 bridgehead atoms. The molecule has 1 amide bonds. The normalized spacial score (nSPS) is 17.7. The Kier molecular flexibility index (Phi) is 7.27. The summed E-state index contributed by atoms with van der Waals surface area (Å²) in [6.07, 6.45) is 2.73. The fraction of sp³-hybridized carbons (Fsp3) is 0.294. The summed E-state index contributed by atoms with van der Waals surface area (Å²) in [6, 6.07) is 8.03. The van der Waals surface area contributed by atoms with Crippen LogP contribution in [-0.2, 0) is 14.3 Å². The van der Waals surface area contributed by atoms with Gasteiger partial charge in [-0.3, -0.25) is 10.1 Å². The van der Waals surface area contributed by atoms with Gasteiger partial charge in [-0.15, -0.1) is 16.9 Å². The summed E-state index contributed by atoms with van der Waals surface area (Å²) in [4.78, 5) is 24.3. The second-order valence-corrected chi connectivity index (χ2v) is 7.64. The van der Waals surface area contributed by atoms with Gasteiger partial charge in [0.15, 0.2) is 5.17 Å². The molecular formula is C17H19N3O3S2. The van der Waals surface area contributed by atoms with E-state index in [0.717, 1.165) is 29.2 Å². The molecule has 25 heavy (non-hydrogen) atoms. The van der Waals surface area contributed by atoms with Crippen LogP contribution in [0.4, 0.5) is 0 Å². The number of amidine groups is 1. The molecule has 1 aliphatic rings. The zero-order valence-corrected chi connectivity index (χ0v) is 15.8. The second-order valence-electron chi connectivity index (χ2n) is 5.51. The molecule has 1 saturated heterocycles. The number of nitrogens with zero attached hydrogens (tertiary/aromatic N) is 2. The second kappa shape index (κ2) is 9.43. The van der Waals surface area contributed by atoms with Gasteiger partial charge < -0.3 is 4.74 Å². The largest absolute Gasteiger partial charge is 0.466 e. The van der Waals surface area contributed by atoms with Crippen LogP contribution in [0.15, 0.2) is 50.3 Å². The Labute approximate surface area is 155 Å². The maximum absolute atomic E-state index is 11.7. The Hall–Kier alpha value is -2.06. The summed E-state index contributed by atoms with van der Waals surface area (Å²) in [7, 11) is 1.25. The molecule has 0 unspecified atom stereocenters. The first kappa shape index (κ1) is 19.3. The van der Waals surface area contributed by atoms with Crippen LogP contribution in [-0.4, -0.2) is 36.1 Å². The first-order valence-electron chi connectivity index (χ1n) is 7.60. The molecule has 132 valence electrons. The number of carbonyl (C=O) groups is 2. The molecule has 0 radical (unpaired) electrons. The van der Waals surface area contributed by atoms with Gasteiger partial charge in [0.2, 0.25) is 0 Å². The van der Waals surface area contributed by atoms with Crippen LogP contribution < -0.4 is 5.32 Å². The summed E-state index contributed by atoms with van der Waals surface area (Å²) in [5.74, 6) is 0.757. The van der Waals surface area contributed by atoms with Crippen molar-refractivity contribution in [2.45, 2.75) is 18.7 Å². The van der Waals surface area contributed by atoms with Crippen molar-refractivity contribution < 1.29 is 14.3 Å². The van der Waals surface area contributed by atoms with E-state index >= 15 is 0 Å². The number of benzene rings is 1. The summed E-state index contributed by atoms with van der Waals surface area (Å²) < 4.78 is 4.49. The summed E-state index contributed by atoms with van der Waals surface area (Å²) >= 11 is 2.86. The number of carbonyl (C=O) groups excluding carboxylic acids is 2. The number of nitrogens with one attached hydrogen (secondary N) is 1. The number of esters is 1. The first-order valence-corrected chi connectivity index (χ1v) is 9.41. The molecule has 1 N–H and O–H groups in total. The first-order chi connectivity index (χ1) is 12.0. The Morgan fingerprint density at radius 2 is 2.08 bits per heavy atom. The number of rotatable bonds is 6. The fourth-order valence-electron chi connectivity index (χ4n) is 1.70. The van der Waals surface area contributed by atoms with Crippen LogP contribution in [0.5, 0.6) is 0 Å². The third-order valence-electron chi connectivity index (χ3n) is 2.92. The molecule has 1 aromatic carbocycles. The quantitative estimate of drug-likeness (QED) is 0.271. The Balaban J connectivity index is 1.94. The zero-order valence-electron chi connectivity index (χ0n) is 14.2. The molecule has 1 fully saturated rings. The molecular weight excluding hydrogens is 358 g/mol. The minimum atomic E-state index is -0.585. The molecule has 0 saturated carbocycles. The van der Waals surface area contributed by atoms with Gasteiger partial charge >= 0.3 is 5.97 Å². The lowest BCUT2D eigenvalue weighted by atomic mass is 10.2. The van der Waals surface area contributed by atoms with Crippen LogP contribution in [0.2, 0.25) is 0 Å². The van der Waals surface area contributed by atoms with Crippen molar-refractivity contribution >= 4 is 46.8 Å². The SMILES string of the molecule is COC(=O)/C=C1/S/C(=N\N=Cc2ccc(SCC(C)C)cc2)NC1=O. The standard InChI is InChI=1S/C17H19N3O3S2/c1-11(2)10-24-13-6-4-12(5-7-13)9-18-20-17-19-16(22)14(25-17)8-15(21)23-3/h4-9,11H,10H2,1-3H3,(H,19,20,22)/b14-8+,18-9?. The van der Waals surface area contributed by atoms with Gasteiger partial charge in [0.25, 0.3) is 5.91 Å². The third kappa shape index (κ3) is 6.39. The summed E-state index contributed by atoms with van der Waals surface area (Å²) in [5.41, 5.74) is 0.915. The van der Waals surface area contributed by atoms with Gasteiger partial charge in [0.05, 0.1) is 18.2 Å². The minimum Gasteiger partial charge on any atom is -0.466 e. The van der Waals surface area contributed by atoms with E-state index in [9.17, 15) is 9.59 Å².